The van der Waals surface area contributed by atoms with E-state index in [4.69, 9.17) is 80.5 Å². The van der Waals surface area contributed by atoms with Gasteiger partial charge in [-0.25, -0.2) is 0 Å². The van der Waals surface area contributed by atoms with Gasteiger partial charge in [0.25, 0.3) is 0 Å². The predicted octanol–water partition coefficient (Wildman–Crippen LogP) is 16.7. The Balaban J connectivity index is 0.000000544. The molecule has 17 heteroatoms. The highest BCUT2D eigenvalue weighted by atomic mass is 16.6. The summed E-state index contributed by atoms with van der Waals surface area (Å²) in [5, 5.41) is 0. The van der Waals surface area contributed by atoms with Crippen LogP contribution in [0.1, 0.15) is 273 Å². The average molecular weight is 1340 g/mol. The summed E-state index contributed by atoms with van der Waals surface area (Å²) < 4.78 is 89.1. The molecular formula is C76H152O17. The van der Waals surface area contributed by atoms with Crippen molar-refractivity contribution in [1.29, 1.82) is 0 Å². The SMILES string of the molecule is CCCCCCCCCOCC1(C)CO1.CCCCCCCCOCC1CO1.CCCCCCCOCC1CO1.CCCCCCOCC1(CC)CO1.COCCCCCCCCOCC1CO1.COCCCCCCOCC1(C)CO1.COCCCCOCC1CO1. The van der Waals surface area contributed by atoms with Crippen LogP contribution in [-0.4, -0.2) is 221 Å². The lowest BCUT2D eigenvalue weighted by atomic mass is 10.1. The van der Waals surface area contributed by atoms with Crippen LogP contribution in [0.25, 0.3) is 0 Å². The molecule has 7 aliphatic heterocycles. The molecule has 0 saturated carbocycles. The average Bonchev–Trinajstić information content (AvgIpc) is 1.97. The van der Waals surface area contributed by atoms with Gasteiger partial charge in [-0.1, -0.05) is 189 Å². The molecule has 7 fully saturated rings. The molecule has 7 aliphatic rings. The molecular weight excluding hydrogens is 1180 g/mol. The largest absolute Gasteiger partial charge is 0.385 e. The van der Waals surface area contributed by atoms with Crippen molar-refractivity contribution < 1.29 is 80.5 Å². The van der Waals surface area contributed by atoms with Gasteiger partial charge in [-0.3, -0.25) is 0 Å². The van der Waals surface area contributed by atoms with Gasteiger partial charge in [-0.15, -0.1) is 0 Å². The second kappa shape index (κ2) is 67.2. The Bertz CT molecular complexity index is 1460. The van der Waals surface area contributed by atoms with Crippen LogP contribution in [0.2, 0.25) is 0 Å². The summed E-state index contributed by atoms with van der Waals surface area (Å²) in [6, 6.07) is 0. The minimum absolute atomic E-state index is 0.0516. The minimum Gasteiger partial charge on any atom is -0.385 e. The van der Waals surface area contributed by atoms with E-state index in [1.165, 1.54) is 193 Å². The Morgan fingerprint density at radius 2 is 0.473 bits per heavy atom. The summed E-state index contributed by atoms with van der Waals surface area (Å²) in [7, 11) is 5.24. The zero-order chi connectivity index (χ0) is 67.5. The predicted molar refractivity (Wildman–Crippen MR) is 378 cm³/mol. The van der Waals surface area contributed by atoms with E-state index in [1.807, 2.05) is 0 Å². The second-order valence-electron chi connectivity index (χ2n) is 27.2. The molecule has 17 nitrogen and oxygen atoms in total. The van der Waals surface area contributed by atoms with Gasteiger partial charge in [0.1, 0.15) is 41.2 Å². The molecule has 0 aromatic carbocycles. The van der Waals surface area contributed by atoms with Crippen LogP contribution in [0.3, 0.4) is 0 Å². The van der Waals surface area contributed by atoms with Gasteiger partial charge in [0, 0.05) is 87.4 Å². The molecule has 7 saturated heterocycles. The number of ether oxygens (including phenoxy) is 17. The first-order valence-corrected chi connectivity index (χ1v) is 38.5. The van der Waals surface area contributed by atoms with Gasteiger partial charge in [0.05, 0.1) is 92.5 Å². The lowest BCUT2D eigenvalue weighted by molar-refractivity contribution is 0.0743. The highest BCUT2D eigenvalue weighted by Gasteiger charge is 2.43. The molecule has 0 aliphatic carbocycles. The summed E-state index contributed by atoms with van der Waals surface area (Å²) in [5.41, 5.74) is 0.238. The topological polar surface area (TPSA) is 180 Å². The van der Waals surface area contributed by atoms with Crippen LogP contribution in [0.15, 0.2) is 0 Å². The van der Waals surface area contributed by atoms with Crippen LogP contribution in [0.4, 0.5) is 0 Å². The van der Waals surface area contributed by atoms with E-state index in [-0.39, 0.29) is 16.8 Å². The molecule has 0 radical (unpaired) electrons. The lowest BCUT2D eigenvalue weighted by Crippen LogP contribution is -2.18. The molecule has 0 bridgehead atoms. The fraction of sp³-hybridized carbons (Fsp3) is 1.00. The van der Waals surface area contributed by atoms with Gasteiger partial charge in [0.2, 0.25) is 0 Å². The third-order valence-corrected chi connectivity index (χ3v) is 16.7. The lowest BCUT2D eigenvalue weighted by Gasteiger charge is -2.09. The third kappa shape index (κ3) is 72.4. The Morgan fingerprint density at radius 3 is 0.699 bits per heavy atom. The van der Waals surface area contributed by atoms with Gasteiger partial charge in [-0.05, 0) is 84.5 Å². The highest BCUT2D eigenvalue weighted by molar-refractivity contribution is 4.90. The number of unbranched alkanes of at least 4 members (excludes halogenated alkanes) is 27. The fourth-order valence-corrected chi connectivity index (χ4v) is 9.25. The van der Waals surface area contributed by atoms with Crippen molar-refractivity contribution in [2.45, 2.75) is 314 Å². The molecule has 0 aromatic rings. The van der Waals surface area contributed by atoms with Crippen LogP contribution in [-0.2, 0) is 80.5 Å². The van der Waals surface area contributed by atoms with E-state index in [1.54, 1.807) is 21.3 Å². The molecule has 0 spiro atoms. The normalized spacial score (nSPS) is 22.8. The van der Waals surface area contributed by atoms with Crippen molar-refractivity contribution in [1.82, 2.24) is 0 Å². The summed E-state index contributed by atoms with van der Waals surface area (Å²) in [4.78, 5) is 0. The van der Waals surface area contributed by atoms with E-state index >= 15 is 0 Å². The Labute approximate surface area is 572 Å². The van der Waals surface area contributed by atoms with Gasteiger partial charge in [0.15, 0.2) is 0 Å². The molecule has 0 aromatic heterocycles. The summed E-state index contributed by atoms with van der Waals surface area (Å²) in [6.45, 7) is 36.0. The van der Waals surface area contributed by atoms with E-state index in [2.05, 4.69) is 48.5 Å². The van der Waals surface area contributed by atoms with Crippen LogP contribution >= 0.6 is 0 Å². The molecule has 0 amide bonds. The number of hydrogen-bond donors (Lipinski definition) is 0. The van der Waals surface area contributed by atoms with Crippen molar-refractivity contribution >= 4 is 0 Å². The smallest absolute Gasteiger partial charge is 0.115 e. The first-order chi connectivity index (χ1) is 45.6. The summed E-state index contributed by atoms with van der Waals surface area (Å²) in [5.74, 6) is 0. The number of methoxy groups -OCH3 is 3. The van der Waals surface area contributed by atoms with E-state index < -0.39 is 0 Å². The van der Waals surface area contributed by atoms with Gasteiger partial charge < -0.3 is 80.5 Å². The zero-order valence-corrected chi connectivity index (χ0v) is 62.5. The summed E-state index contributed by atoms with van der Waals surface area (Å²) in [6.07, 6.45) is 46.5. The maximum Gasteiger partial charge on any atom is 0.115 e. The Morgan fingerprint density at radius 1 is 0.269 bits per heavy atom. The zero-order valence-electron chi connectivity index (χ0n) is 62.5. The fourth-order valence-electron chi connectivity index (χ4n) is 9.25. The van der Waals surface area contributed by atoms with Gasteiger partial charge in [-0.2, -0.15) is 0 Å². The van der Waals surface area contributed by atoms with E-state index in [9.17, 15) is 0 Å². The quantitative estimate of drug-likeness (QED) is 0.0414. The van der Waals surface area contributed by atoms with Crippen molar-refractivity contribution in [3.05, 3.63) is 0 Å². The van der Waals surface area contributed by atoms with E-state index in [0.717, 1.165) is 191 Å². The Hall–Kier alpha value is -0.680. The van der Waals surface area contributed by atoms with Crippen molar-refractivity contribution in [2.24, 2.45) is 0 Å². The monoisotopic (exact) mass is 1340 g/mol. The number of epoxide rings is 7. The first kappa shape index (κ1) is 90.3. The third-order valence-electron chi connectivity index (χ3n) is 16.7. The van der Waals surface area contributed by atoms with Crippen molar-refractivity contribution in [3.63, 3.8) is 0 Å². The molecule has 0 N–H and O–H groups in total. The maximum absolute atomic E-state index is 5.57. The molecule has 7 rings (SSSR count). The minimum atomic E-state index is 0.0516. The van der Waals surface area contributed by atoms with Crippen molar-refractivity contribution in [2.75, 3.05) is 180 Å². The standard InChI is InChI=1S/C13H26O2.C12H24O3.C11H22O3.2C11H22O2.C10H20O2.C8H16O3/c1-3-4-5-6-7-8-9-10-14-11-13(2)12-15-13;1-13-8-6-4-2-3-5-7-9-14-10-12-11-15-12;1-11(10-14-11)9-13-8-6-4-3-5-7-12-2;1-3-5-6-7-8-12-9-11(4-2)10-13-11;1-2-3-4-5-6-7-8-12-9-11-10-13-11;1-2-3-4-5-6-7-11-8-10-9-12-10;1-9-4-2-3-5-10-6-8-7-11-8/h3-12H2,1-2H3;12H,2-11H2,1H3;3-10H2,1-2H3;3-10H2,1-2H3;11H,2-10H2,1H3;10H,2-9H2,1H3;8H,2-7H2,1H3. The molecule has 93 heavy (non-hydrogen) atoms. The van der Waals surface area contributed by atoms with Crippen LogP contribution < -0.4 is 0 Å². The number of rotatable bonds is 62. The maximum atomic E-state index is 5.57. The molecule has 7 heterocycles. The van der Waals surface area contributed by atoms with Crippen molar-refractivity contribution in [3.8, 4) is 0 Å². The second-order valence-corrected chi connectivity index (χ2v) is 27.2. The molecule has 558 valence electrons. The van der Waals surface area contributed by atoms with Gasteiger partial charge >= 0.3 is 0 Å². The Kier molecular flexibility index (Phi) is 65.2. The molecule has 7 atom stereocenters. The summed E-state index contributed by atoms with van der Waals surface area (Å²) >= 11 is 0. The molecule has 7 unspecified atom stereocenters. The van der Waals surface area contributed by atoms with E-state index in [0.29, 0.717) is 24.4 Å². The van der Waals surface area contributed by atoms with Crippen LogP contribution in [0.5, 0.6) is 0 Å². The van der Waals surface area contributed by atoms with Crippen LogP contribution in [0, 0.1) is 0 Å². The first-order valence-electron chi connectivity index (χ1n) is 38.5. The highest BCUT2D eigenvalue weighted by Crippen LogP contribution is 2.31. The number of hydrogen-bond acceptors (Lipinski definition) is 17.